The largest absolute Gasteiger partial charge is 0.573 e. The monoisotopic (exact) mass is 345 g/mol. The van der Waals surface area contributed by atoms with Crippen LogP contribution in [0.15, 0.2) is 24.3 Å². The van der Waals surface area contributed by atoms with Crippen molar-refractivity contribution < 1.29 is 27.5 Å². The van der Waals surface area contributed by atoms with E-state index in [1.807, 2.05) is 0 Å². The molecule has 0 aliphatic carbocycles. The topological polar surface area (TPSA) is 70.7 Å². The summed E-state index contributed by atoms with van der Waals surface area (Å²) in [5, 5.41) is 5.35. The second kappa shape index (κ2) is 7.52. The average Bonchev–Trinajstić information content (AvgIpc) is 2.47. The number of rotatable bonds is 5. The molecule has 0 spiro atoms. The molecule has 1 aliphatic rings. The third-order valence-electron chi connectivity index (χ3n) is 3.46. The number of piperazine rings is 1. The summed E-state index contributed by atoms with van der Waals surface area (Å²) in [5.41, 5.74) is 0.492. The van der Waals surface area contributed by atoms with Gasteiger partial charge in [0.2, 0.25) is 11.8 Å². The second-order valence-electron chi connectivity index (χ2n) is 5.23. The van der Waals surface area contributed by atoms with Crippen molar-refractivity contribution in [2.45, 2.75) is 19.3 Å². The number of alkyl halides is 3. The molecule has 1 aliphatic heterocycles. The zero-order valence-corrected chi connectivity index (χ0v) is 13.0. The van der Waals surface area contributed by atoms with Gasteiger partial charge in [-0.05, 0) is 24.6 Å². The van der Waals surface area contributed by atoms with Crippen LogP contribution in [0.2, 0.25) is 0 Å². The van der Waals surface area contributed by atoms with Gasteiger partial charge < -0.3 is 15.4 Å². The van der Waals surface area contributed by atoms with Gasteiger partial charge in [0.15, 0.2) is 0 Å². The van der Waals surface area contributed by atoms with E-state index in [1.54, 1.807) is 11.8 Å². The van der Waals surface area contributed by atoms with E-state index in [9.17, 15) is 22.8 Å². The maximum Gasteiger partial charge on any atom is 0.573 e. The first-order valence-corrected chi connectivity index (χ1v) is 7.44. The summed E-state index contributed by atoms with van der Waals surface area (Å²) in [5.74, 6) is -0.873. The number of hydrogen-bond donors (Lipinski definition) is 2. The van der Waals surface area contributed by atoms with Gasteiger partial charge in [0.05, 0.1) is 6.54 Å². The predicted molar refractivity (Wildman–Crippen MR) is 79.1 cm³/mol. The van der Waals surface area contributed by atoms with Gasteiger partial charge in [-0.3, -0.25) is 14.5 Å². The van der Waals surface area contributed by atoms with Crippen LogP contribution in [0, 0.1) is 0 Å². The lowest BCUT2D eigenvalue weighted by molar-refractivity contribution is -0.274. The lowest BCUT2D eigenvalue weighted by Gasteiger charge is -2.34. The Hall–Kier alpha value is -2.29. The molecule has 0 radical (unpaired) electrons. The molecule has 2 rings (SSSR count). The second-order valence-corrected chi connectivity index (χ2v) is 5.23. The highest BCUT2D eigenvalue weighted by Crippen LogP contribution is 2.27. The molecule has 132 valence electrons. The van der Waals surface area contributed by atoms with Crippen LogP contribution in [0.1, 0.15) is 18.5 Å². The van der Waals surface area contributed by atoms with Crippen molar-refractivity contribution in [3.8, 4) is 5.75 Å². The number of benzene rings is 1. The molecule has 6 nitrogen and oxygen atoms in total. The molecule has 1 aromatic carbocycles. The first-order valence-electron chi connectivity index (χ1n) is 7.44. The number of carbonyl (C=O) groups is 2. The van der Waals surface area contributed by atoms with Crippen LogP contribution in [0.25, 0.3) is 0 Å². The molecule has 0 unspecified atom stereocenters. The normalized spacial score (nSPS) is 18.8. The Morgan fingerprint density at radius 3 is 2.62 bits per heavy atom. The van der Waals surface area contributed by atoms with Crippen molar-refractivity contribution in [1.82, 2.24) is 15.5 Å². The van der Waals surface area contributed by atoms with Crippen LogP contribution in [0.5, 0.6) is 5.75 Å². The van der Waals surface area contributed by atoms with Gasteiger partial charge in [-0.25, -0.2) is 0 Å². The summed E-state index contributed by atoms with van der Waals surface area (Å²) in [4.78, 5) is 25.6. The smallest absolute Gasteiger partial charge is 0.406 e. The minimum Gasteiger partial charge on any atom is -0.406 e. The third-order valence-corrected chi connectivity index (χ3v) is 3.46. The molecule has 2 N–H and O–H groups in total. The van der Waals surface area contributed by atoms with Gasteiger partial charge in [0.25, 0.3) is 0 Å². The molecule has 2 amide bonds. The average molecular weight is 345 g/mol. The van der Waals surface area contributed by atoms with Gasteiger partial charge in [-0.2, -0.15) is 0 Å². The highest BCUT2D eigenvalue weighted by molar-refractivity contribution is 5.85. The van der Waals surface area contributed by atoms with E-state index in [1.165, 1.54) is 12.1 Å². The molecular weight excluding hydrogens is 327 g/mol. The van der Waals surface area contributed by atoms with Gasteiger partial charge in [-0.1, -0.05) is 12.1 Å². The Kier molecular flexibility index (Phi) is 5.66. The van der Waals surface area contributed by atoms with Crippen molar-refractivity contribution in [3.05, 3.63) is 29.8 Å². The fourth-order valence-electron chi connectivity index (χ4n) is 2.54. The molecule has 1 atom stereocenters. The Balaban J connectivity index is 2.15. The van der Waals surface area contributed by atoms with E-state index >= 15 is 0 Å². The number of nitrogens with one attached hydrogen (secondary N) is 2. The van der Waals surface area contributed by atoms with Crippen molar-refractivity contribution in [1.29, 1.82) is 0 Å². The van der Waals surface area contributed by atoms with Gasteiger partial charge in [0, 0.05) is 19.6 Å². The standard InChI is InChI=1S/C15H18F3N3O3/c1-2-19-12(22)9-21-8-7-20-14(23)13(21)10-3-5-11(6-4-10)24-15(16,17)18/h3-6,13H,2,7-9H2,1H3,(H,19,22)(H,20,23)/t13-/m1/s1. The molecule has 9 heteroatoms. The first kappa shape index (κ1) is 18.1. The third kappa shape index (κ3) is 4.85. The maximum absolute atomic E-state index is 12.2. The Morgan fingerprint density at radius 1 is 1.38 bits per heavy atom. The van der Waals surface area contributed by atoms with Crippen molar-refractivity contribution in [2.24, 2.45) is 0 Å². The molecule has 24 heavy (non-hydrogen) atoms. The fourth-order valence-corrected chi connectivity index (χ4v) is 2.54. The Morgan fingerprint density at radius 2 is 2.04 bits per heavy atom. The fraction of sp³-hybridized carbons (Fsp3) is 0.467. The van der Waals surface area contributed by atoms with Gasteiger partial charge >= 0.3 is 6.36 Å². The minimum absolute atomic E-state index is 0.0345. The van der Waals surface area contributed by atoms with Crippen LogP contribution in [0.4, 0.5) is 13.2 Å². The summed E-state index contributed by atoms with van der Waals surface area (Å²) in [6, 6.07) is 4.34. The number of hydrogen-bond acceptors (Lipinski definition) is 4. The van der Waals surface area contributed by atoms with Crippen LogP contribution in [-0.4, -0.2) is 49.3 Å². The summed E-state index contributed by atoms with van der Waals surface area (Å²) >= 11 is 0. The molecular formula is C15H18F3N3O3. The Bertz CT molecular complexity index is 590. The minimum atomic E-state index is -4.77. The van der Waals surface area contributed by atoms with E-state index in [4.69, 9.17) is 0 Å². The molecule has 1 heterocycles. The number of likely N-dealkylation sites (N-methyl/N-ethyl adjacent to an activating group) is 1. The molecule has 1 saturated heterocycles. The van der Waals surface area contributed by atoms with Crippen molar-refractivity contribution >= 4 is 11.8 Å². The molecule has 1 aromatic rings. The van der Waals surface area contributed by atoms with E-state index < -0.39 is 12.4 Å². The number of halogens is 3. The summed E-state index contributed by atoms with van der Waals surface area (Å²) in [6.07, 6.45) is -4.77. The van der Waals surface area contributed by atoms with Crippen LogP contribution >= 0.6 is 0 Å². The van der Waals surface area contributed by atoms with Crippen LogP contribution < -0.4 is 15.4 Å². The quantitative estimate of drug-likeness (QED) is 0.841. The lowest BCUT2D eigenvalue weighted by atomic mass is 10.0. The summed E-state index contributed by atoms with van der Waals surface area (Å²) < 4.78 is 40.4. The summed E-state index contributed by atoms with van der Waals surface area (Å²) in [6.45, 7) is 3.18. The lowest BCUT2D eigenvalue weighted by Crippen LogP contribution is -2.52. The van der Waals surface area contributed by atoms with Crippen LogP contribution in [-0.2, 0) is 9.59 Å². The van der Waals surface area contributed by atoms with Crippen molar-refractivity contribution in [2.75, 3.05) is 26.2 Å². The zero-order valence-electron chi connectivity index (χ0n) is 13.0. The van der Waals surface area contributed by atoms with E-state index in [0.29, 0.717) is 25.2 Å². The maximum atomic E-state index is 12.2. The van der Waals surface area contributed by atoms with E-state index in [0.717, 1.165) is 12.1 Å². The van der Waals surface area contributed by atoms with Crippen molar-refractivity contribution in [3.63, 3.8) is 0 Å². The molecule has 0 bridgehead atoms. The van der Waals surface area contributed by atoms with Crippen LogP contribution in [0.3, 0.4) is 0 Å². The van der Waals surface area contributed by atoms with E-state index in [-0.39, 0.29) is 24.1 Å². The SMILES string of the molecule is CCNC(=O)CN1CCNC(=O)[C@H]1c1ccc(OC(F)(F)F)cc1. The number of amides is 2. The van der Waals surface area contributed by atoms with Gasteiger partial charge in [0.1, 0.15) is 11.8 Å². The number of nitrogens with zero attached hydrogens (tertiary/aromatic N) is 1. The highest BCUT2D eigenvalue weighted by atomic mass is 19.4. The summed E-state index contributed by atoms with van der Waals surface area (Å²) in [7, 11) is 0. The van der Waals surface area contributed by atoms with E-state index in [2.05, 4.69) is 15.4 Å². The molecule has 0 saturated carbocycles. The van der Waals surface area contributed by atoms with Gasteiger partial charge in [-0.15, -0.1) is 13.2 Å². The Labute approximate surface area is 137 Å². The first-order chi connectivity index (χ1) is 11.3. The predicted octanol–water partition coefficient (Wildman–Crippen LogP) is 1.19. The molecule has 0 aromatic heterocycles. The zero-order chi connectivity index (χ0) is 17.7. The molecule has 1 fully saturated rings. The number of ether oxygens (including phenoxy) is 1. The highest BCUT2D eigenvalue weighted by Gasteiger charge is 2.33. The number of carbonyl (C=O) groups excluding carboxylic acids is 2.